The number of fused-ring (bicyclic) bond motifs is 1. The lowest BCUT2D eigenvalue weighted by Crippen LogP contribution is -2.22. The normalized spacial score (nSPS) is 14.2. The lowest BCUT2D eigenvalue weighted by Gasteiger charge is -2.17. The first kappa shape index (κ1) is 10.9. The number of nitrogens with zero attached hydrogens (tertiary/aromatic N) is 4. The second-order valence-corrected chi connectivity index (χ2v) is 4.34. The molecule has 1 aliphatic carbocycles. The maximum atomic E-state index is 11.5. The predicted octanol–water partition coefficient (Wildman–Crippen LogP) is 0.640. The first-order valence-electron chi connectivity index (χ1n) is 5.93. The zero-order valence-electron chi connectivity index (χ0n) is 9.83. The number of aryl methyl sites for hydroxylation is 1. The van der Waals surface area contributed by atoms with Crippen LogP contribution in [0.4, 0.5) is 0 Å². The molecule has 0 saturated carbocycles. The van der Waals surface area contributed by atoms with Gasteiger partial charge in [-0.2, -0.15) is 0 Å². The molecule has 2 N–H and O–H groups in total. The summed E-state index contributed by atoms with van der Waals surface area (Å²) in [4.78, 5) is 24.2. The van der Waals surface area contributed by atoms with Gasteiger partial charge in [0.25, 0.3) is 5.91 Å². The quantitative estimate of drug-likeness (QED) is 0.838. The maximum Gasteiger partial charge on any atom is 0.267 e. The summed E-state index contributed by atoms with van der Waals surface area (Å²) in [6.45, 7) is 0. The number of carbonyl (C=O) groups is 1. The van der Waals surface area contributed by atoms with Gasteiger partial charge in [-0.05, 0) is 25.7 Å². The molecule has 0 bridgehead atoms. The number of rotatable bonds is 2. The number of hydrogen-bond donors (Lipinski definition) is 1. The highest BCUT2D eigenvalue weighted by atomic mass is 16.1. The van der Waals surface area contributed by atoms with E-state index in [1.165, 1.54) is 0 Å². The SMILES string of the molecule is NC(=O)c1nc(-n2ccnc2)nc2c1CCCC2. The average Bonchev–Trinajstić information content (AvgIpc) is 2.91. The van der Waals surface area contributed by atoms with Crippen LogP contribution in [0.25, 0.3) is 5.95 Å². The molecule has 3 rings (SSSR count). The Morgan fingerprint density at radius 1 is 1.28 bits per heavy atom. The van der Waals surface area contributed by atoms with Crippen molar-refractivity contribution in [2.75, 3.05) is 0 Å². The predicted molar refractivity (Wildman–Crippen MR) is 64.3 cm³/mol. The van der Waals surface area contributed by atoms with Gasteiger partial charge in [-0.15, -0.1) is 0 Å². The highest BCUT2D eigenvalue weighted by Gasteiger charge is 2.21. The molecule has 0 unspecified atom stereocenters. The van der Waals surface area contributed by atoms with Crippen LogP contribution in [-0.2, 0) is 12.8 Å². The minimum Gasteiger partial charge on any atom is -0.364 e. The highest BCUT2D eigenvalue weighted by molar-refractivity contribution is 5.92. The van der Waals surface area contributed by atoms with E-state index in [4.69, 9.17) is 5.73 Å². The second-order valence-electron chi connectivity index (χ2n) is 4.34. The van der Waals surface area contributed by atoms with Gasteiger partial charge in [0.05, 0.1) is 0 Å². The van der Waals surface area contributed by atoms with Crippen molar-refractivity contribution < 1.29 is 4.79 Å². The van der Waals surface area contributed by atoms with Crippen LogP contribution < -0.4 is 5.73 Å². The third-order valence-electron chi connectivity index (χ3n) is 3.14. The van der Waals surface area contributed by atoms with Crippen LogP contribution in [0, 0.1) is 0 Å². The molecule has 0 radical (unpaired) electrons. The van der Waals surface area contributed by atoms with Crippen LogP contribution in [0.1, 0.15) is 34.6 Å². The average molecular weight is 243 g/mol. The van der Waals surface area contributed by atoms with Crippen molar-refractivity contribution in [2.24, 2.45) is 5.73 Å². The van der Waals surface area contributed by atoms with E-state index in [0.717, 1.165) is 36.9 Å². The first-order valence-corrected chi connectivity index (χ1v) is 5.93. The van der Waals surface area contributed by atoms with Crippen molar-refractivity contribution in [1.29, 1.82) is 0 Å². The topological polar surface area (TPSA) is 86.7 Å². The monoisotopic (exact) mass is 243 g/mol. The van der Waals surface area contributed by atoms with E-state index in [-0.39, 0.29) is 0 Å². The van der Waals surface area contributed by atoms with Crippen molar-refractivity contribution in [3.63, 3.8) is 0 Å². The van der Waals surface area contributed by atoms with Crippen molar-refractivity contribution in [2.45, 2.75) is 25.7 Å². The van der Waals surface area contributed by atoms with E-state index in [0.29, 0.717) is 11.6 Å². The van der Waals surface area contributed by atoms with Crippen LogP contribution in [0.15, 0.2) is 18.7 Å². The molecule has 92 valence electrons. The summed E-state index contributed by atoms with van der Waals surface area (Å²) in [5.41, 5.74) is 7.61. The van der Waals surface area contributed by atoms with E-state index in [1.807, 2.05) is 0 Å². The molecule has 1 amide bonds. The van der Waals surface area contributed by atoms with Gasteiger partial charge in [0.1, 0.15) is 12.0 Å². The smallest absolute Gasteiger partial charge is 0.267 e. The summed E-state index contributed by atoms with van der Waals surface area (Å²) >= 11 is 0. The van der Waals surface area contributed by atoms with Crippen LogP contribution in [0.3, 0.4) is 0 Å². The third-order valence-corrected chi connectivity index (χ3v) is 3.14. The van der Waals surface area contributed by atoms with E-state index < -0.39 is 5.91 Å². The third kappa shape index (κ3) is 1.75. The molecule has 0 atom stereocenters. The van der Waals surface area contributed by atoms with Crippen LogP contribution >= 0.6 is 0 Å². The Morgan fingerprint density at radius 2 is 2.11 bits per heavy atom. The Balaban J connectivity index is 2.18. The summed E-state index contributed by atoms with van der Waals surface area (Å²) in [7, 11) is 0. The van der Waals surface area contributed by atoms with E-state index >= 15 is 0 Å². The van der Waals surface area contributed by atoms with Crippen LogP contribution in [-0.4, -0.2) is 25.4 Å². The Bertz CT molecular complexity index is 591. The number of primary amides is 1. The van der Waals surface area contributed by atoms with Gasteiger partial charge >= 0.3 is 0 Å². The molecule has 1 aliphatic rings. The minimum absolute atomic E-state index is 0.350. The van der Waals surface area contributed by atoms with E-state index in [9.17, 15) is 4.79 Å². The fraction of sp³-hybridized carbons (Fsp3) is 0.333. The molecule has 6 heteroatoms. The molecule has 0 spiro atoms. The molecule has 2 aromatic rings. The molecule has 6 nitrogen and oxygen atoms in total. The lowest BCUT2D eigenvalue weighted by molar-refractivity contribution is 0.0994. The number of imidazole rings is 1. The molecule has 2 aromatic heterocycles. The number of aromatic nitrogens is 4. The van der Waals surface area contributed by atoms with Crippen molar-refractivity contribution in [3.8, 4) is 5.95 Å². The lowest BCUT2D eigenvalue weighted by atomic mass is 9.94. The minimum atomic E-state index is -0.489. The standard InChI is InChI=1S/C12H13N5O/c13-11(18)10-8-3-1-2-4-9(8)15-12(16-10)17-6-5-14-7-17/h5-7H,1-4H2,(H2,13,18). The number of nitrogens with two attached hydrogens (primary N) is 1. The molecule has 0 saturated heterocycles. The van der Waals surface area contributed by atoms with Crippen molar-refractivity contribution in [1.82, 2.24) is 19.5 Å². The van der Waals surface area contributed by atoms with Crippen molar-refractivity contribution >= 4 is 5.91 Å². The van der Waals surface area contributed by atoms with Gasteiger partial charge < -0.3 is 5.73 Å². The Hall–Kier alpha value is -2.24. The van der Waals surface area contributed by atoms with E-state index in [2.05, 4.69) is 15.0 Å². The summed E-state index contributed by atoms with van der Waals surface area (Å²) in [5, 5.41) is 0. The van der Waals surface area contributed by atoms with Gasteiger partial charge in [-0.3, -0.25) is 9.36 Å². The van der Waals surface area contributed by atoms with Gasteiger partial charge in [-0.25, -0.2) is 15.0 Å². The maximum absolute atomic E-state index is 11.5. The first-order chi connectivity index (χ1) is 8.75. The van der Waals surface area contributed by atoms with E-state index in [1.54, 1.807) is 23.3 Å². The summed E-state index contributed by atoms with van der Waals surface area (Å²) in [5.74, 6) is -0.0288. The van der Waals surface area contributed by atoms with Gasteiger partial charge in [0.15, 0.2) is 0 Å². The zero-order valence-corrected chi connectivity index (χ0v) is 9.83. The second kappa shape index (κ2) is 4.21. The molecular formula is C12H13N5O. The van der Waals surface area contributed by atoms with Crippen LogP contribution in [0.5, 0.6) is 0 Å². The van der Waals surface area contributed by atoms with Crippen molar-refractivity contribution in [3.05, 3.63) is 35.7 Å². The molecule has 0 aromatic carbocycles. The van der Waals surface area contributed by atoms with Gasteiger partial charge in [-0.1, -0.05) is 0 Å². The van der Waals surface area contributed by atoms with Gasteiger partial charge in [0, 0.05) is 23.7 Å². The number of carbonyl (C=O) groups excluding carboxylic acids is 1. The zero-order chi connectivity index (χ0) is 12.5. The van der Waals surface area contributed by atoms with Gasteiger partial charge in [0.2, 0.25) is 5.95 Å². The molecule has 18 heavy (non-hydrogen) atoms. The Labute approximate surface area is 104 Å². The summed E-state index contributed by atoms with van der Waals surface area (Å²) < 4.78 is 1.68. The fourth-order valence-corrected chi connectivity index (χ4v) is 2.28. The molecule has 2 heterocycles. The largest absolute Gasteiger partial charge is 0.364 e. The Morgan fingerprint density at radius 3 is 2.83 bits per heavy atom. The molecule has 0 aliphatic heterocycles. The summed E-state index contributed by atoms with van der Waals surface area (Å²) in [6, 6.07) is 0. The molecular weight excluding hydrogens is 230 g/mol. The number of amides is 1. The highest BCUT2D eigenvalue weighted by Crippen LogP contribution is 2.22. The number of hydrogen-bond acceptors (Lipinski definition) is 4. The molecule has 0 fully saturated rings. The Kier molecular flexibility index (Phi) is 2.55. The summed E-state index contributed by atoms with van der Waals surface area (Å²) in [6.07, 6.45) is 8.85. The van der Waals surface area contributed by atoms with Crippen LogP contribution in [0.2, 0.25) is 0 Å². The fourth-order valence-electron chi connectivity index (χ4n) is 2.28.